The van der Waals surface area contributed by atoms with Crippen molar-refractivity contribution >= 4 is 23.1 Å². The molecule has 1 fully saturated rings. The molecule has 0 atom stereocenters. The number of nitrogens with one attached hydrogen (secondary N) is 1. The van der Waals surface area contributed by atoms with E-state index in [1.54, 1.807) is 12.4 Å². The number of aromatic nitrogens is 3. The van der Waals surface area contributed by atoms with Crippen LogP contribution in [0.1, 0.15) is 27.2 Å². The number of carbonyl (C=O) groups excluding carboxylic acids is 1. The van der Waals surface area contributed by atoms with E-state index in [0.717, 1.165) is 45.1 Å². The van der Waals surface area contributed by atoms with Crippen LogP contribution < -0.4 is 5.32 Å². The van der Waals surface area contributed by atoms with E-state index < -0.39 is 0 Å². The van der Waals surface area contributed by atoms with Gasteiger partial charge in [0.15, 0.2) is 0 Å². The molecule has 7 heteroatoms. The molecule has 0 unspecified atom stereocenters. The third-order valence-corrected chi connectivity index (χ3v) is 6.77. The van der Waals surface area contributed by atoms with E-state index >= 15 is 0 Å². The number of aryl methyl sites for hydroxylation is 1. The van der Waals surface area contributed by atoms with Crippen LogP contribution in [0.25, 0.3) is 16.8 Å². The molecule has 0 aliphatic carbocycles. The second-order valence-electron chi connectivity index (χ2n) is 9.39. The molecule has 1 aliphatic heterocycles. The summed E-state index contributed by atoms with van der Waals surface area (Å²) in [5.41, 5.74) is 7.34. The van der Waals surface area contributed by atoms with Crippen LogP contribution in [0.5, 0.6) is 0 Å². The fourth-order valence-corrected chi connectivity index (χ4v) is 4.56. The lowest BCUT2D eigenvalue weighted by atomic mass is 10.0. The van der Waals surface area contributed by atoms with Crippen LogP contribution in [0, 0.1) is 18.8 Å². The Bertz CT molecular complexity index is 1710. The van der Waals surface area contributed by atoms with Crippen LogP contribution in [0.2, 0.25) is 0 Å². The summed E-state index contributed by atoms with van der Waals surface area (Å²) >= 11 is 0. The standard InChI is InChI=1S/C32H27N5O2/c1-23-4-2-3-5-29(23)35-30-20-24(14-15-33-30)6-12-28-21-34-31-13-11-27(22-37(28)31)25-7-9-26(10-8-25)32(38)36-16-18-39-19-17-36/h2-5,7-11,13-15,20-22H,16-19H2,1H3,(H,33,35). The number of ether oxygens (including phenoxy) is 1. The van der Waals surface area contributed by atoms with Gasteiger partial charge in [-0.25, -0.2) is 9.97 Å². The Labute approximate surface area is 227 Å². The third kappa shape index (κ3) is 5.37. The monoisotopic (exact) mass is 513 g/mol. The number of benzene rings is 2. The number of hydrogen-bond acceptors (Lipinski definition) is 5. The van der Waals surface area contributed by atoms with Crippen molar-refractivity contribution in [2.75, 3.05) is 31.6 Å². The molecule has 39 heavy (non-hydrogen) atoms. The number of pyridine rings is 2. The minimum Gasteiger partial charge on any atom is -0.378 e. The van der Waals surface area contributed by atoms with Gasteiger partial charge in [-0.05, 0) is 72.0 Å². The highest BCUT2D eigenvalue weighted by Gasteiger charge is 2.18. The molecule has 0 spiro atoms. The van der Waals surface area contributed by atoms with Crippen molar-refractivity contribution in [1.29, 1.82) is 0 Å². The largest absolute Gasteiger partial charge is 0.378 e. The zero-order chi connectivity index (χ0) is 26.6. The molecule has 0 radical (unpaired) electrons. The minimum atomic E-state index is 0.0424. The van der Waals surface area contributed by atoms with Crippen LogP contribution in [-0.2, 0) is 4.74 Å². The number of rotatable bonds is 4. The number of hydrogen-bond donors (Lipinski definition) is 1. The predicted octanol–water partition coefficient (Wildman–Crippen LogP) is 5.32. The highest BCUT2D eigenvalue weighted by atomic mass is 16.5. The van der Waals surface area contributed by atoms with Gasteiger partial charge in [-0.15, -0.1) is 0 Å². The highest BCUT2D eigenvalue weighted by molar-refractivity contribution is 5.94. The van der Waals surface area contributed by atoms with Crippen LogP contribution in [0.3, 0.4) is 0 Å². The van der Waals surface area contributed by atoms with Crippen LogP contribution in [-0.4, -0.2) is 51.5 Å². The number of anilines is 2. The fourth-order valence-electron chi connectivity index (χ4n) is 4.56. The number of imidazole rings is 1. The van der Waals surface area contributed by atoms with Gasteiger partial charge in [-0.1, -0.05) is 36.3 Å². The first kappa shape index (κ1) is 24.4. The fraction of sp³-hybridized carbons (Fsp3) is 0.156. The Balaban J connectivity index is 1.22. The Morgan fingerprint density at radius 1 is 0.923 bits per heavy atom. The first-order chi connectivity index (χ1) is 19.1. The molecule has 3 aromatic heterocycles. The predicted molar refractivity (Wildman–Crippen MR) is 152 cm³/mol. The third-order valence-electron chi connectivity index (χ3n) is 6.77. The lowest BCUT2D eigenvalue weighted by molar-refractivity contribution is 0.0303. The molecule has 1 amide bonds. The molecule has 5 aromatic rings. The smallest absolute Gasteiger partial charge is 0.254 e. The quantitative estimate of drug-likeness (QED) is 0.330. The first-order valence-corrected chi connectivity index (χ1v) is 12.9. The molecule has 2 aromatic carbocycles. The van der Waals surface area contributed by atoms with Gasteiger partial charge in [-0.2, -0.15) is 0 Å². The number of nitrogens with zero attached hydrogens (tertiary/aromatic N) is 4. The summed E-state index contributed by atoms with van der Waals surface area (Å²) < 4.78 is 7.35. The summed E-state index contributed by atoms with van der Waals surface area (Å²) in [6.45, 7) is 4.50. The van der Waals surface area contributed by atoms with Gasteiger partial charge in [-0.3, -0.25) is 9.20 Å². The number of fused-ring (bicyclic) bond motifs is 1. The number of amides is 1. The van der Waals surface area contributed by atoms with Crippen molar-refractivity contribution in [1.82, 2.24) is 19.3 Å². The molecule has 1 aliphatic rings. The van der Waals surface area contributed by atoms with Gasteiger partial charge >= 0.3 is 0 Å². The lowest BCUT2D eigenvalue weighted by Crippen LogP contribution is -2.40. The van der Waals surface area contributed by atoms with E-state index in [-0.39, 0.29) is 5.91 Å². The number of para-hydroxylation sites is 1. The molecule has 192 valence electrons. The van der Waals surface area contributed by atoms with Crippen molar-refractivity contribution < 1.29 is 9.53 Å². The van der Waals surface area contributed by atoms with Crippen LogP contribution in [0.4, 0.5) is 11.5 Å². The Hall–Kier alpha value is -4.93. The molecule has 1 saturated heterocycles. The molecule has 6 rings (SSSR count). The average Bonchev–Trinajstić information content (AvgIpc) is 3.40. The normalized spacial score (nSPS) is 13.1. The van der Waals surface area contributed by atoms with Crippen molar-refractivity contribution in [2.45, 2.75) is 6.92 Å². The first-order valence-electron chi connectivity index (χ1n) is 12.9. The van der Waals surface area contributed by atoms with E-state index in [4.69, 9.17) is 4.74 Å². The second kappa shape index (κ2) is 10.8. The zero-order valence-corrected chi connectivity index (χ0v) is 21.6. The van der Waals surface area contributed by atoms with E-state index in [9.17, 15) is 4.79 Å². The number of carbonyl (C=O) groups is 1. The molecule has 7 nitrogen and oxygen atoms in total. The Morgan fingerprint density at radius 2 is 1.72 bits per heavy atom. The van der Waals surface area contributed by atoms with Crippen LogP contribution >= 0.6 is 0 Å². The lowest BCUT2D eigenvalue weighted by Gasteiger charge is -2.26. The maximum absolute atomic E-state index is 12.8. The molecule has 0 bridgehead atoms. The second-order valence-corrected chi connectivity index (χ2v) is 9.39. The van der Waals surface area contributed by atoms with Gasteiger partial charge in [0, 0.05) is 42.3 Å². The van der Waals surface area contributed by atoms with Crippen molar-refractivity contribution in [3.05, 3.63) is 114 Å². The van der Waals surface area contributed by atoms with E-state index in [1.165, 1.54) is 0 Å². The van der Waals surface area contributed by atoms with E-state index in [0.29, 0.717) is 31.9 Å². The summed E-state index contributed by atoms with van der Waals surface area (Å²) in [6, 6.07) is 23.7. The van der Waals surface area contributed by atoms with Crippen molar-refractivity contribution in [2.24, 2.45) is 0 Å². The summed E-state index contributed by atoms with van der Waals surface area (Å²) in [5, 5.41) is 3.36. The van der Waals surface area contributed by atoms with E-state index in [2.05, 4.69) is 40.1 Å². The minimum absolute atomic E-state index is 0.0424. The van der Waals surface area contributed by atoms with Crippen molar-refractivity contribution in [3.63, 3.8) is 0 Å². The van der Waals surface area contributed by atoms with Crippen LogP contribution in [0.15, 0.2) is 91.4 Å². The van der Waals surface area contributed by atoms with Crippen molar-refractivity contribution in [3.8, 4) is 23.0 Å². The molecular weight excluding hydrogens is 486 g/mol. The van der Waals surface area contributed by atoms with Gasteiger partial charge in [0.05, 0.1) is 19.4 Å². The molecular formula is C32H27N5O2. The average molecular weight is 514 g/mol. The Morgan fingerprint density at radius 3 is 2.54 bits per heavy atom. The topological polar surface area (TPSA) is 71.8 Å². The summed E-state index contributed by atoms with van der Waals surface area (Å²) in [5.74, 6) is 7.29. The van der Waals surface area contributed by atoms with Gasteiger partial charge in [0.1, 0.15) is 17.2 Å². The highest BCUT2D eigenvalue weighted by Crippen LogP contribution is 2.23. The van der Waals surface area contributed by atoms with Gasteiger partial charge in [0.25, 0.3) is 5.91 Å². The maximum Gasteiger partial charge on any atom is 0.254 e. The SMILES string of the molecule is Cc1ccccc1Nc1cc(C#Cc2cnc3ccc(-c4ccc(C(=O)N5CCOCC5)cc4)cn23)ccn1. The van der Waals surface area contributed by atoms with Gasteiger partial charge in [0.2, 0.25) is 0 Å². The zero-order valence-electron chi connectivity index (χ0n) is 21.6. The summed E-state index contributed by atoms with van der Waals surface area (Å²) in [4.78, 5) is 23.6. The summed E-state index contributed by atoms with van der Waals surface area (Å²) in [6.07, 6.45) is 5.57. The van der Waals surface area contributed by atoms with Gasteiger partial charge < -0.3 is 15.0 Å². The van der Waals surface area contributed by atoms with E-state index in [1.807, 2.05) is 82.2 Å². The summed E-state index contributed by atoms with van der Waals surface area (Å²) in [7, 11) is 0. The Kier molecular flexibility index (Phi) is 6.77. The molecule has 1 N–H and O–H groups in total. The number of morpholine rings is 1. The molecule has 0 saturated carbocycles. The maximum atomic E-state index is 12.8. The molecule has 4 heterocycles.